The minimum Gasteiger partial charge on any atom is -0.388 e. The van der Waals surface area contributed by atoms with Gasteiger partial charge in [0.2, 0.25) is 0 Å². The van der Waals surface area contributed by atoms with Crippen molar-refractivity contribution in [3.8, 4) is 0 Å². The minimum absolute atomic E-state index is 0.0447. The molecule has 1 N–H and O–H groups in total. The Balaban J connectivity index is 1.37. The summed E-state index contributed by atoms with van der Waals surface area (Å²) >= 11 is 0. The normalized spacial score (nSPS) is 26.1. The molecule has 5 rings (SSSR count). The van der Waals surface area contributed by atoms with Crippen molar-refractivity contribution >= 4 is 16.8 Å². The zero-order valence-electron chi connectivity index (χ0n) is 17.8. The molecule has 0 saturated carbocycles. The Bertz CT molecular complexity index is 1080. The first-order chi connectivity index (χ1) is 14.3. The summed E-state index contributed by atoms with van der Waals surface area (Å²) in [6.07, 6.45) is 10.3. The second-order valence-corrected chi connectivity index (χ2v) is 9.34. The van der Waals surface area contributed by atoms with Crippen LogP contribution in [0.25, 0.3) is 10.9 Å². The second-order valence-electron chi connectivity index (χ2n) is 9.34. The largest absolute Gasteiger partial charge is 0.388 e. The first-order valence-corrected chi connectivity index (χ1v) is 10.8. The van der Waals surface area contributed by atoms with Crippen LogP contribution in [0.3, 0.4) is 0 Å². The first-order valence-electron chi connectivity index (χ1n) is 10.8. The number of pyridine rings is 1. The molecule has 2 atom stereocenters. The molecule has 1 amide bonds. The number of piperidine rings is 1. The maximum atomic E-state index is 13.2. The fraction of sp³-hybridized carbons (Fsp3) is 0.522. The maximum Gasteiger partial charge on any atom is 0.257 e. The predicted octanol–water partition coefficient (Wildman–Crippen LogP) is 3.32. The highest BCUT2D eigenvalue weighted by atomic mass is 16.3. The number of fused-ring (bicyclic) bond motifs is 3. The van der Waals surface area contributed by atoms with Crippen molar-refractivity contribution in [2.75, 3.05) is 0 Å². The van der Waals surface area contributed by atoms with E-state index in [0.717, 1.165) is 29.4 Å². The van der Waals surface area contributed by atoms with E-state index in [2.05, 4.69) is 41.5 Å². The van der Waals surface area contributed by atoms with Crippen LogP contribution in [0, 0.1) is 6.92 Å². The van der Waals surface area contributed by atoms with E-state index >= 15 is 0 Å². The van der Waals surface area contributed by atoms with E-state index in [-0.39, 0.29) is 24.0 Å². The van der Waals surface area contributed by atoms with E-state index < -0.39 is 5.60 Å². The third-order valence-corrected chi connectivity index (χ3v) is 6.83. The van der Waals surface area contributed by atoms with Crippen molar-refractivity contribution in [2.24, 2.45) is 0 Å². The van der Waals surface area contributed by atoms with E-state index in [0.29, 0.717) is 24.9 Å². The lowest BCUT2D eigenvalue weighted by Gasteiger charge is -2.44. The maximum absolute atomic E-state index is 13.2. The summed E-state index contributed by atoms with van der Waals surface area (Å²) in [6, 6.07) is 4.52. The van der Waals surface area contributed by atoms with E-state index in [1.807, 2.05) is 28.0 Å². The molecule has 3 aromatic rings. The first kappa shape index (κ1) is 19.3. The van der Waals surface area contributed by atoms with Crippen LogP contribution in [0.5, 0.6) is 0 Å². The summed E-state index contributed by atoms with van der Waals surface area (Å²) in [5.74, 6) is 0.0447. The highest BCUT2D eigenvalue weighted by molar-refractivity contribution is 5.94. The van der Waals surface area contributed by atoms with Crippen molar-refractivity contribution < 1.29 is 9.90 Å². The summed E-state index contributed by atoms with van der Waals surface area (Å²) in [7, 11) is 0. The molecule has 7 heteroatoms. The third-order valence-electron chi connectivity index (χ3n) is 6.83. The van der Waals surface area contributed by atoms with E-state index in [4.69, 9.17) is 0 Å². The highest BCUT2D eigenvalue weighted by Gasteiger charge is 2.49. The van der Waals surface area contributed by atoms with Crippen molar-refractivity contribution in [1.29, 1.82) is 0 Å². The zero-order chi connectivity index (χ0) is 21.0. The molecule has 0 spiro atoms. The number of carbonyl (C=O) groups is 1. The SMILES string of the molecule is Cc1cc2ccncc2n1CC1(O)CC2CCC(C1)N2C(=O)c1cnn(C(C)C)c1. The Morgan fingerprint density at radius 3 is 2.67 bits per heavy atom. The van der Waals surface area contributed by atoms with Crippen LogP contribution in [-0.2, 0) is 6.54 Å². The molecule has 0 radical (unpaired) electrons. The number of rotatable bonds is 4. The number of nitrogens with zero attached hydrogens (tertiary/aromatic N) is 5. The molecule has 3 aromatic heterocycles. The summed E-state index contributed by atoms with van der Waals surface area (Å²) in [5.41, 5.74) is 2.00. The molecule has 0 aromatic carbocycles. The van der Waals surface area contributed by atoms with E-state index in [1.54, 1.807) is 12.4 Å². The number of hydrogen-bond donors (Lipinski definition) is 1. The number of carbonyl (C=O) groups excluding carboxylic acids is 1. The second kappa shape index (κ2) is 6.94. The molecule has 2 aliphatic heterocycles. The number of amides is 1. The van der Waals surface area contributed by atoms with Crippen LogP contribution in [0.2, 0.25) is 0 Å². The fourth-order valence-electron chi connectivity index (χ4n) is 5.40. The molecule has 0 aliphatic carbocycles. The Labute approximate surface area is 176 Å². The number of aryl methyl sites for hydroxylation is 1. The lowest BCUT2D eigenvalue weighted by atomic mass is 9.85. The smallest absolute Gasteiger partial charge is 0.257 e. The average Bonchev–Trinajstić information content (AvgIpc) is 3.38. The van der Waals surface area contributed by atoms with Gasteiger partial charge in [-0.1, -0.05) is 0 Å². The van der Waals surface area contributed by atoms with Gasteiger partial charge in [-0.15, -0.1) is 0 Å². The van der Waals surface area contributed by atoms with Gasteiger partial charge in [-0.05, 0) is 58.6 Å². The Hall–Kier alpha value is -2.67. The number of aromatic nitrogens is 4. The topological polar surface area (TPSA) is 76.2 Å². The lowest BCUT2D eigenvalue weighted by Crippen LogP contribution is -2.54. The van der Waals surface area contributed by atoms with Gasteiger partial charge in [-0.3, -0.25) is 14.5 Å². The van der Waals surface area contributed by atoms with E-state index in [9.17, 15) is 9.90 Å². The summed E-state index contributed by atoms with van der Waals surface area (Å²) < 4.78 is 4.00. The van der Waals surface area contributed by atoms with Gasteiger partial charge < -0.3 is 14.6 Å². The Kier molecular flexibility index (Phi) is 4.47. The van der Waals surface area contributed by atoms with Gasteiger partial charge in [-0.25, -0.2) is 0 Å². The molecule has 2 bridgehead atoms. The van der Waals surface area contributed by atoms with Crippen molar-refractivity contribution in [3.63, 3.8) is 0 Å². The predicted molar refractivity (Wildman–Crippen MR) is 114 cm³/mol. The van der Waals surface area contributed by atoms with Crippen LogP contribution >= 0.6 is 0 Å². The molecular formula is C23H29N5O2. The van der Waals surface area contributed by atoms with Crippen LogP contribution < -0.4 is 0 Å². The van der Waals surface area contributed by atoms with Gasteiger partial charge in [0, 0.05) is 41.6 Å². The summed E-state index contributed by atoms with van der Waals surface area (Å²) in [6.45, 7) is 6.71. The quantitative estimate of drug-likeness (QED) is 0.720. The Morgan fingerprint density at radius 2 is 2.00 bits per heavy atom. The monoisotopic (exact) mass is 407 g/mol. The fourth-order valence-corrected chi connectivity index (χ4v) is 5.40. The molecule has 30 heavy (non-hydrogen) atoms. The van der Waals surface area contributed by atoms with Gasteiger partial charge in [0.15, 0.2) is 0 Å². The third kappa shape index (κ3) is 3.12. The van der Waals surface area contributed by atoms with Gasteiger partial charge in [0.25, 0.3) is 5.91 Å². The summed E-state index contributed by atoms with van der Waals surface area (Å²) in [4.78, 5) is 19.5. The summed E-state index contributed by atoms with van der Waals surface area (Å²) in [5, 5.41) is 17.0. The molecule has 2 unspecified atom stereocenters. The van der Waals surface area contributed by atoms with Crippen LogP contribution in [0.15, 0.2) is 36.9 Å². The zero-order valence-corrected chi connectivity index (χ0v) is 17.8. The van der Waals surface area contributed by atoms with Crippen molar-refractivity contribution in [2.45, 2.75) is 76.7 Å². The molecule has 2 aliphatic rings. The molecular weight excluding hydrogens is 378 g/mol. The molecule has 2 saturated heterocycles. The van der Waals surface area contributed by atoms with Gasteiger partial charge in [0.1, 0.15) is 0 Å². The number of hydrogen-bond acceptors (Lipinski definition) is 4. The van der Waals surface area contributed by atoms with E-state index in [1.165, 1.54) is 0 Å². The molecule has 158 valence electrons. The average molecular weight is 408 g/mol. The van der Waals surface area contributed by atoms with Gasteiger partial charge in [-0.2, -0.15) is 5.10 Å². The van der Waals surface area contributed by atoms with Crippen LogP contribution in [0.1, 0.15) is 61.6 Å². The van der Waals surface area contributed by atoms with Crippen molar-refractivity contribution in [1.82, 2.24) is 24.2 Å². The molecule has 2 fully saturated rings. The molecule has 5 heterocycles. The van der Waals surface area contributed by atoms with Crippen molar-refractivity contribution in [3.05, 3.63) is 48.2 Å². The number of aliphatic hydroxyl groups is 1. The minimum atomic E-state index is -0.822. The Morgan fingerprint density at radius 1 is 1.27 bits per heavy atom. The van der Waals surface area contributed by atoms with Gasteiger partial charge >= 0.3 is 0 Å². The molecule has 7 nitrogen and oxygen atoms in total. The van der Waals surface area contributed by atoms with Gasteiger partial charge in [0.05, 0.1) is 35.6 Å². The lowest BCUT2D eigenvalue weighted by molar-refractivity contribution is -0.0536. The standard InChI is InChI=1S/C23H29N5O2/c1-15(2)27-13-18(11-25-27)22(29)28-19-4-5-20(28)10-23(30,9-19)14-26-16(3)8-17-6-7-24-12-21(17)26/h6-8,11-13,15,19-20,30H,4-5,9-10,14H2,1-3H3. The van der Waals surface area contributed by atoms with Crippen LogP contribution in [0.4, 0.5) is 0 Å². The van der Waals surface area contributed by atoms with Crippen LogP contribution in [-0.4, -0.2) is 52.9 Å². The highest BCUT2D eigenvalue weighted by Crippen LogP contribution is 2.42.